The normalized spacial score (nSPS) is 11.6. The summed E-state index contributed by atoms with van der Waals surface area (Å²) in [4.78, 5) is 12.2. The minimum Gasteiger partial charge on any atom is -0.381 e. The number of nitrogens with one attached hydrogen (secondary N) is 1. The van der Waals surface area contributed by atoms with E-state index in [9.17, 15) is 10.1 Å². The summed E-state index contributed by atoms with van der Waals surface area (Å²) >= 11 is 0. The van der Waals surface area contributed by atoms with Crippen LogP contribution in [0.25, 0.3) is 6.08 Å². The molecule has 25 heavy (non-hydrogen) atoms. The van der Waals surface area contributed by atoms with E-state index in [1.54, 1.807) is 6.08 Å². The molecule has 0 radical (unpaired) electrons. The molecule has 5 nitrogen and oxygen atoms in total. The van der Waals surface area contributed by atoms with Gasteiger partial charge in [-0.3, -0.25) is 4.79 Å². The van der Waals surface area contributed by atoms with Crippen LogP contribution in [-0.4, -0.2) is 30.2 Å². The molecule has 138 valence electrons. The van der Waals surface area contributed by atoms with Gasteiger partial charge in [-0.2, -0.15) is 5.26 Å². The second-order valence-electron chi connectivity index (χ2n) is 6.73. The Hall–Kier alpha value is -2.06. The minimum absolute atomic E-state index is 0.139. The topological polar surface area (TPSA) is 67.0 Å². The van der Waals surface area contributed by atoms with E-state index in [4.69, 9.17) is 4.74 Å². The molecule has 0 saturated heterocycles. The fourth-order valence-corrected chi connectivity index (χ4v) is 2.64. The third-order valence-electron chi connectivity index (χ3n) is 3.93. The van der Waals surface area contributed by atoms with Crippen LogP contribution in [0.3, 0.4) is 0 Å². The van der Waals surface area contributed by atoms with Crippen LogP contribution in [0, 0.1) is 31.1 Å². The van der Waals surface area contributed by atoms with Crippen molar-refractivity contribution in [1.82, 2.24) is 9.88 Å². The molecule has 0 fully saturated rings. The maximum Gasteiger partial charge on any atom is 0.261 e. The average molecular weight is 345 g/mol. The summed E-state index contributed by atoms with van der Waals surface area (Å²) in [7, 11) is 0. The first kappa shape index (κ1) is 21.0. The molecule has 1 heterocycles. The molecule has 0 atom stereocenters. The number of hydrogen-bond donors (Lipinski definition) is 1. The molecule has 1 aromatic rings. The van der Waals surface area contributed by atoms with Crippen molar-refractivity contribution in [3.63, 3.8) is 0 Å². The predicted molar refractivity (Wildman–Crippen MR) is 101 cm³/mol. The summed E-state index contributed by atoms with van der Waals surface area (Å²) in [5.74, 6) is 0.182. The monoisotopic (exact) mass is 345 g/mol. The van der Waals surface area contributed by atoms with Crippen molar-refractivity contribution in [2.75, 3.05) is 19.8 Å². The summed E-state index contributed by atoms with van der Waals surface area (Å²) in [6, 6.07) is 4.04. The summed E-state index contributed by atoms with van der Waals surface area (Å²) < 4.78 is 7.69. The van der Waals surface area contributed by atoms with Gasteiger partial charge < -0.3 is 14.6 Å². The second kappa shape index (κ2) is 10.7. The van der Waals surface area contributed by atoms with Crippen molar-refractivity contribution >= 4 is 12.0 Å². The van der Waals surface area contributed by atoms with Gasteiger partial charge in [0.1, 0.15) is 11.6 Å². The SMILES string of the molecule is CCCn1c(C)cc(/C=C(\C#N)C(=O)NCCCOCC(C)C)c1C. The first-order chi connectivity index (χ1) is 11.9. The van der Waals surface area contributed by atoms with Gasteiger partial charge >= 0.3 is 0 Å². The number of carbonyl (C=O) groups excluding carboxylic acids is 1. The average Bonchev–Trinajstić information content (AvgIpc) is 2.83. The van der Waals surface area contributed by atoms with Gasteiger partial charge in [0.25, 0.3) is 5.91 Å². The Kier molecular flexibility index (Phi) is 9.01. The summed E-state index contributed by atoms with van der Waals surface area (Å²) in [6.07, 6.45) is 3.46. The minimum atomic E-state index is -0.327. The van der Waals surface area contributed by atoms with Crippen molar-refractivity contribution in [2.24, 2.45) is 5.92 Å². The van der Waals surface area contributed by atoms with Gasteiger partial charge in [0.15, 0.2) is 0 Å². The fourth-order valence-electron chi connectivity index (χ4n) is 2.64. The molecule has 1 N–H and O–H groups in total. The number of nitrogens with zero attached hydrogens (tertiary/aromatic N) is 2. The van der Waals surface area contributed by atoms with E-state index in [1.807, 2.05) is 26.0 Å². The Morgan fingerprint density at radius 3 is 2.76 bits per heavy atom. The molecule has 5 heteroatoms. The van der Waals surface area contributed by atoms with Crippen molar-refractivity contribution < 1.29 is 9.53 Å². The lowest BCUT2D eigenvalue weighted by atomic mass is 10.1. The predicted octanol–water partition coefficient (Wildman–Crippen LogP) is 3.60. The van der Waals surface area contributed by atoms with Gasteiger partial charge in [-0.15, -0.1) is 0 Å². The molecule has 1 amide bonds. The Morgan fingerprint density at radius 1 is 1.44 bits per heavy atom. The highest BCUT2D eigenvalue weighted by Gasteiger charge is 2.12. The number of rotatable bonds is 10. The molecular formula is C20H31N3O2. The number of ether oxygens (including phenoxy) is 1. The Morgan fingerprint density at radius 2 is 2.16 bits per heavy atom. The Labute approximate surface area is 151 Å². The van der Waals surface area contributed by atoms with E-state index in [1.165, 1.54) is 0 Å². The first-order valence-corrected chi connectivity index (χ1v) is 9.05. The summed E-state index contributed by atoms with van der Waals surface area (Å²) in [5, 5.41) is 12.1. The van der Waals surface area contributed by atoms with Crippen molar-refractivity contribution in [2.45, 2.75) is 54.0 Å². The van der Waals surface area contributed by atoms with E-state index < -0.39 is 0 Å². The van der Waals surface area contributed by atoms with Crippen LogP contribution < -0.4 is 5.32 Å². The van der Waals surface area contributed by atoms with Crippen LogP contribution in [0.2, 0.25) is 0 Å². The third kappa shape index (κ3) is 6.75. The standard InChI is InChI=1S/C20H31N3O2/c1-6-9-23-16(4)11-18(17(23)5)12-19(13-21)20(24)22-8-7-10-25-14-15(2)3/h11-12,15H,6-10,14H2,1-5H3,(H,22,24)/b19-12+. The molecule has 0 aliphatic heterocycles. The molecule has 0 bridgehead atoms. The molecular weight excluding hydrogens is 314 g/mol. The number of aryl methyl sites for hydroxylation is 1. The van der Waals surface area contributed by atoms with Crippen LogP contribution >= 0.6 is 0 Å². The van der Waals surface area contributed by atoms with E-state index >= 15 is 0 Å². The quantitative estimate of drug-likeness (QED) is 0.400. The molecule has 1 aromatic heterocycles. The van der Waals surface area contributed by atoms with Gasteiger partial charge in [-0.1, -0.05) is 20.8 Å². The third-order valence-corrected chi connectivity index (χ3v) is 3.93. The number of nitriles is 1. The smallest absolute Gasteiger partial charge is 0.261 e. The molecule has 0 saturated carbocycles. The maximum absolute atomic E-state index is 12.2. The lowest BCUT2D eigenvalue weighted by molar-refractivity contribution is -0.117. The molecule has 1 rings (SSSR count). The van der Waals surface area contributed by atoms with E-state index in [2.05, 4.69) is 30.7 Å². The molecule has 0 aliphatic carbocycles. The Balaban J connectivity index is 2.63. The summed E-state index contributed by atoms with van der Waals surface area (Å²) in [6.45, 7) is 13.2. The zero-order valence-corrected chi connectivity index (χ0v) is 16.2. The fraction of sp³-hybridized carbons (Fsp3) is 0.600. The second-order valence-corrected chi connectivity index (χ2v) is 6.73. The van der Waals surface area contributed by atoms with Gasteiger partial charge in [0.2, 0.25) is 0 Å². The van der Waals surface area contributed by atoms with E-state index in [0.29, 0.717) is 19.1 Å². The van der Waals surface area contributed by atoms with Crippen molar-refractivity contribution in [1.29, 1.82) is 5.26 Å². The van der Waals surface area contributed by atoms with Crippen LogP contribution in [-0.2, 0) is 16.1 Å². The number of amides is 1. The Bertz CT molecular complexity index is 636. The van der Waals surface area contributed by atoms with Gasteiger partial charge in [-0.25, -0.2) is 0 Å². The van der Waals surface area contributed by atoms with E-state index in [-0.39, 0.29) is 11.5 Å². The van der Waals surface area contributed by atoms with Crippen molar-refractivity contribution in [3.8, 4) is 6.07 Å². The molecule has 0 aliphatic rings. The van der Waals surface area contributed by atoms with Crippen LogP contribution in [0.4, 0.5) is 0 Å². The number of carbonyl (C=O) groups is 1. The number of aromatic nitrogens is 1. The molecule has 0 unspecified atom stereocenters. The maximum atomic E-state index is 12.2. The van der Waals surface area contributed by atoms with Gasteiger partial charge in [0, 0.05) is 37.7 Å². The van der Waals surface area contributed by atoms with Crippen molar-refractivity contribution in [3.05, 3.63) is 28.6 Å². The zero-order valence-electron chi connectivity index (χ0n) is 16.2. The number of hydrogen-bond acceptors (Lipinski definition) is 3. The van der Waals surface area contributed by atoms with Crippen LogP contribution in [0.1, 0.15) is 50.6 Å². The van der Waals surface area contributed by atoms with Gasteiger partial charge in [-0.05, 0) is 50.3 Å². The summed E-state index contributed by atoms with van der Waals surface area (Å²) in [5.41, 5.74) is 3.30. The highest BCUT2D eigenvalue weighted by molar-refractivity contribution is 6.01. The lowest BCUT2D eigenvalue weighted by Crippen LogP contribution is -2.26. The molecule has 0 aromatic carbocycles. The lowest BCUT2D eigenvalue weighted by Gasteiger charge is -2.08. The molecule has 0 spiro atoms. The highest BCUT2D eigenvalue weighted by Crippen LogP contribution is 2.18. The van der Waals surface area contributed by atoms with Crippen LogP contribution in [0.15, 0.2) is 11.6 Å². The van der Waals surface area contributed by atoms with Gasteiger partial charge in [0.05, 0.1) is 0 Å². The first-order valence-electron chi connectivity index (χ1n) is 9.05. The highest BCUT2D eigenvalue weighted by atomic mass is 16.5. The van der Waals surface area contributed by atoms with Crippen LogP contribution in [0.5, 0.6) is 0 Å². The van der Waals surface area contributed by atoms with E-state index in [0.717, 1.165) is 42.9 Å². The zero-order chi connectivity index (χ0) is 18.8. The largest absolute Gasteiger partial charge is 0.381 e.